The first-order chi connectivity index (χ1) is 6.83. The number of rotatable bonds is 9. The van der Waals surface area contributed by atoms with Gasteiger partial charge in [0.25, 0.3) is 0 Å². The van der Waals surface area contributed by atoms with E-state index in [1.165, 1.54) is 25.7 Å². The third kappa shape index (κ3) is 6.39. The molecule has 0 spiro atoms. The van der Waals surface area contributed by atoms with Crippen molar-refractivity contribution in [3.05, 3.63) is 0 Å². The number of nitrogens with one attached hydrogen (secondary N) is 1. The van der Waals surface area contributed by atoms with E-state index in [0.717, 1.165) is 38.1 Å². The Balaban J connectivity index is 1.74. The Morgan fingerprint density at radius 2 is 2.21 bits per heavy atom. The molecule has 1 aliphatic carbocycles. The molecule has 0 aromatic rings. The Bertz CT molecular complexity index is 134. The third-order valence-electron chi connectivity index (χ3n) is 2.66. The Labute approximate surface area is 88.4 Å². The molecule has 0 bridgehead atoms. The first-order valence-electron chi connectivity index (χ1n) is 6.14. The van der Waals surface area contributed by atoms with Crippen molar-refractivity contribution in [1.29, 1.82) is 0 Å². The molecule has 0 saturated heterocycles. The molecule has 1 saturated carbocycles. The Kier molecular flexibility index (Phi) is 6.20. The Hall–Kier alpha value is -0.0800. The van der Waals surface area contributed by atoms with Gasteiger partial charge in [-0.3, -0.25) is 0 Å². The van der Waals surface area contributed by atoms with Crippen LogP contribution in [0.2, 0.25) is 0 Å². The first-order valence-corrected chi connectivity index (χ1v) is 6.14. The van der Waals surface area contributed by atoms with E-state index >= 15 is 0 Å². The molecular weight excluding hydrogens is 174 g/mol. The highest BCUT2D eigenvalue weighted by Gasteiger charge is 2.19. The van der Waals surface area contributed by atoms with Crippen LogP contribution in [0.1, 0.15) is 46.0 Å². The van der Waals surface area contributed by atoms with Crippen molar-refractivity contribution >= 4 is 0 Å². The quantitative estimate of drug-likeness (QED) is 0.576. The van der Waals surface area contributed by atoms with Crippen LogP contribution in [0.3, 0.4) is 0 Å². The molecule has 0 radical (unpaired) electrons. The van der Waals surface area contributed by atoms with Crippen molar-refractivity contribution in [2.45, 2.75) is 52.0 Å². The van der Waals surface area contributed by atoms with Gasteiger partial charge in [-0.2, -0.15) is 0 Å². The molecule has 1 atom stereocenters. The minimum atomic E-state index is 0.733. The zero-order valence-electron chi connectivity index (χ0n) is 9.72. The van der Waals surface area contributed by atoms with Crippen LogP contribution in [0.5, 0.6) is 0 Å². The van der Waals surface area contributed by atoms with Gasteiger partial charge in [0.2, 0.25) is 0 Å². The Morgan fingerprint density at radius 1 is 1.43 bits per heavy atom. The maximum Gasteiger partial charge on any atom is 0.0491 e. The normalized spacial score (nSPS) is 18.4. The molecule has 1 N–H and O–H groups in total. The monoisotopic (exact) mass is 199 g/mol. The topological polar surface area (TPSA) is 21.3 Å². The molecule has 1 aliphatic rings. The number of ether oxygens (including phenoxy) is 1. The zero-order chi connectivity index (χ0) is 10.2. The SMILES string of the molecule is CCCC(C)COCCCNC1CC1. The summed E-state index contributed by atoms with van der Waals surface area (Å²) in [5.41, 5.74) is 0. The van der Waals surface area contributed by atoms with Crippen molar-refractivity contribution < 1.29 is 4.74 Å². The summed E-state index contributed by atoms with van der Waals surface area (Å²) < 4.78 is 5.61. The second-order valence-electron chi connectivity index (χ2n) is 4.55. The van der Waals surface area contributed by atoms with Crippen molar-refractivity contribution in [3.63, 3.8) is 0 Å². The number of hydrogen-bond donors (Lipinski definition) is 1. The van der Waals surface area contributed by atoms with E-state index in [1.807, 2.05) is 0 Å². The lowest BCUT2D eigenvalue weighted by Crippen LogP contribution is -2.19. The van der Waals surface area contributed by atoms with Gasteiger partial charge in [0.15, 0.2) is 0 Å². The molecule has 0 heterocycles. The molecule has 14 heavy (non-hydrogen) atoms. The van der Waals surface area contributed by atoms with Crippen molar-refractivity contribution in [2.24, 2.45) is 5.92 Å². The molecular formula is C12H25NO. The van der Waals surface area contributed by atoms with E-state index in [9.17, 15) is 0 Å². The lowest BCUT2D eigenvalue weighted by molar-refractivity contribution is 0.0997. The second kappa shape index (κ2) is 7.24. The predicted octanol–water partition coefficient (Wildman–Crippen LogP) is 2.58. The van der Waals surface area contributed by atoms with Crippen molar-refractivity contribution in [2.75, 3.05) is 19.8 Å². The van der Waals surface area contributed by atoms with Crippen molar-refractivity contribution in [3.8, 4) is 0 Å². The van der Waals surface area contributed by atoms with E-state index in [2.05, 4.69) is 19.2 Å². The third-order valence-corrected chi connectivity index (χ3v) is 2.66. The smallest absolute Gasteiger partial charge is 0.0491 e. The van der Waals surface area contributed by atoms with Crippen LogP contribution in [0, 0.1) is 5.92 Å². The van der Waals surface area contributed by atoms with Gasteiger partial charge >= 0.3 is 0 Å². The summed E-state index contributed by atoms with van der Waals surface area (Å²) in [6.45, 7) is 7.50. The Morgan fingerprint density at radius 3 is 2.86 bits per heavy atom. The fourth-order valence-electron chi connectivity index (χ4n) is 1.63. The van der Waals surface area contributed by atoms with Gasteiger partial charge in [-0.25, -0.2) is 0 Å². The zero-order valence-corrected chi connectivity index (χ0v) is 9.72. The van der Waals surface area contributed by atoms with E-state index in [4.69, 9.17) is 4.74 Å². The summed E-state index contributed by atoms with van der Waals surface area (Å²) >= 11 is 0. The highest BCUT2D eigenvalue weighted by atomic mass is 16.5. The first kappa shape index (κ1) is 12.0. The van der Waals surface area contributed by atoms with Gasteiger partial charge < -0.3 is 10.1 Å². The molecule has 0 aromatic heterocycles. The molecule has 0 amide bonds. The van der Waals surface area contributed by atoms with Crippen LogP contribution in [-0.4, -0.2) is 25.8 Å². The second-order valence-corrected chi connectivity index (χ2v) is 4.55. The van der Waals surface area contributed by atoms with Crippen LogP contribution in [0.4, 0.5) is 0 Å². The highest BCUT2D eigenvalue weighted by Crippen LogP contribution is 2.18. The maximum atomic E-state index is 5.61. The highest BCUT2D eigenvalue weighted by molar-refractivity contribution is 4.80. The molecule has 0 aliphatic heterocycles. The summed E-state index contributed by atoms with van der Waals surface area (Å²) in [6.07, 6.45) is 6.49. The van der Waals surface area contributed by atoms with E-state index in [1.54, 1.807) is 0 Å². The molecule has 2 heteroatoms. The summed E-state index contributed by atoms with van der Waals surface area (Å²) in [4.78, 5) is 0. The molecule has 1 rings (SSSR count). The van der Waals surface area contributed by atoms with Crippen LogP contribution in [0.15, 0.2) is 0 Å². The van der Waals surface area contributed by atoms with Gasteiger partial charge in [0.05, 0.1) is 0 Å². The summed E-state index contributed by atoms with van der Waals surface area (Å²) in [6, 6.07) is 0.842. The van der Waals surface area contributed by atoms with Gasteiger partial charge in [0, 0.05) is 19.3 Å². The molecule has 2 nitrogen and oxygen atoms in total. The fourth-order valence-corrected chi connectivity index (χ4v) is 1.63. The predicted molar refractivity (Wildman–Crippen MR) is 60.5 cm³/mol. The van der Waals surface area contributed by atoms with E-state index in [-0.39, 0.29) is 0 Å². The lowest BCUT2D eigenvalue weighted by atomic mass is 10.1. The van der Waals surface area contributed by atoms with Gasteiger partial charge in [0.1, 0.15) is 0 Å². The molecule has 84 valence electrons. The van der Waals surface area contributed by atoms with Gasteiger partial charge in [-0.1, -0.05) is 20.3 Å². The lowest BCUT2D eigenvalue weighted by Gasteiger charge is -2.10. The number of hydrogen-bond acceptors (Lipinski definition) is 2. The average Bonchev–Trinajstić information content (AvgIpc) is 2.95. The summed E-state index contributed by atoms with van der Waals surface area (Å²) in [5, 5.41) is 3.49. The molecule has 1 fully saturated rings. The summed E-state index contributed by atoms with van der Waals surface area (Å²) in [5.74, 6) is 0.733. The largest absolute Gasteiger partial charge is 0.381 e. The van der Waals surface area contributed by atoms with Crippen LogP contribution < -0.4 is 5.32 Å². The molecule has 1 unspecified atom stereocenters. The average molecular weight is 199 g/mol. The minimum absolute atomic E-state index is 0.733. The van der Waals surface area contributed by atoms with E-state index in [0.29, 0.717) is 0 Å². The van der Waals surface area contributed by atoms with Crippen LogP contribution in [-0.2, 0) is 4.74 Å². The standard InChI is InChI=1S/C12H25NO/c1-3-5-11(2)10-14-9-4-8-13-12-6-7-12/h11-13H,3-10H2,1-2H3. The van der Waals surface area contributed by atoms with E-state index < -0.39 is 0 Å². The minimum Gasteiger partial charge on any atom is -0.381 e. The van der Waals surface area contributed by atoms with Gasteiger partial charge in [-0.15, -0.1) is 0 Å². The summed E-state index contributed by atoms with van der Waals surface area (Å²) in [7, 11) is 0. The van der Waals surface area contributed by atoms with Crippen LogP contribution >= 0.6 is 0 Å². The maximum absolute atomic E-state index is 5.61. The van der Waals surface area contributed by atoms with Crippen LogP contribution in [0.25, 0.3) is 0 Å². The molecule has 0 aromatic carbocycles. The van der Waals surface area contributed by atoms with Crippen molar-refractivity contribution in [1.82, 2.24) is 5.32 Å². The fraction of sp³-hybridized carbons (Fsp3) is 1.00. The van der Waals surface area contributed by atoms with Gasteiger partial charge in [-0.05, 0) is 38.1 Å².